The maximum Gasteiger partial charge on any atom is 0.283 e. The largest absolute Gasteiger partial charge is 0.344 e. The molecule has 158 valence electrons. The van der Waals surface area contributed by atoms with Crippen molar-refractivity contribution in [1.82, 2.24) is 10.6 Å². The summed E-state index contributed by atoms with van der Waals surface area (Å²) in [5, 5.41) is 17.2. The predicted molar refractivity (Wildman–Crippen MR) is 118 cm³/mol. The first-order chi connectivity index (χ1) is 14.8. The summed E-state index contributed by atoms with van der Waals surface area (Å²) >= 11 is 11.7. The van der Waals surface area contributed by atoms with Crippen molar-refractivity contribution in [3.05, 3.63) is 110 Å². The molecule has 0 aliphatic heterocycles. The zero-order valence-electron chi connectivity index (χ0n) is 16.0. The fraction of sp³-hybridized carbons (Fsp3) is 0.0909. The number of amides is 2. The molecule has 3 aromatic carbocycles. The maximum absolute atomic E-state index is 12.6. The Morgan fingerprint density at radius 1 is 0.903 bits per heavy atom. The summed E-state index contributed by atoms with van der Waals surface area (Å²) < 4.78 is 0. The monoisotopic (exact) mass is 457 g/mol. The molecule has 3 rings (SSSR count). The van der Waals surface area contributed by atoms with Gasteiger partial charge in [-0.2, -0.15) is 0 Å². The molecule has 0 heterocycles. The molecule has 31 heavy (non-hydrogen) atoms. The number of carbonyl (C=O) groups excluding carboxylic acids is 2. The highest BCUT2D eigenvalue weighted by Gasteiger charge is 2.22. The first kappa shape index (κ1) is 22.3. The van der Waals surface area contributed by atoms with E-state index in [-0.39, 0.29) is 17.1 Å². The highest BCUT2D eigenvalue weighted by molar-refractivity contribution is 6.31. The zero-order chi connectivity index (χ0) is 22.4. The molecule has 0 radical (unpaired) electrons. The van der Waals surface area contributed by atoms with Crippen LogP contribution in [0.3, 0.4) is 0 Å². The second kappa shape index (κ2) is 10.1. The van der Waals surface area contributed by atoms with E-state index < -0.39 is 28.5 Å². The second-order valence-electron chi connectivity index (χ2n) is 6.56. The molecule has 1 atom stereocenters. The summed E-state index contributed by atoms with van der Waals surface area (Å²) in [7, 11) is 0. The van der Waals surface area contributed by atoms with Crippen LogP contribution in [0.15, 0.2) is 72.8 Å². The summed E-state index contributed by atoms with van der Waals surface area (Å²) in [6, 6.07) is 19.6. The summed E-state index contributed by atoms with van der Waals surface area (Å²) in [6.07, 6.45) is 0. The van der Waals surface area contributed by atoms with E-state index in [9.17, 15) is 19.7 Å². The molecule has 0 fully saturated rings. The first-order valence-electron chi connectivity index (χ1n) is 9.17. The lowest BCUT2D eigenvalue weighted by atomic mass is 9.98. The maximum atomic E-state index is 12.6. The van der Waals surface area contributed by atoms with Gasteiger partial charge in [0.1, 0.15) is 5.56 Å². The van der Waals surface area contributed by atoms with Crippen LogP contribution in [0, 0.1) is 10.1 Å². The molecule has 0 aliphatic rings. The highest BCUT2D eigenvalue weighted by Crippen LogP contribution is 2.24. The quantitative estimate of drug-likeness (QED) is 0.401. The molecule has 9 heteroatoms. The van der Waals surface area contributed by atoms with E-state index >= 15 is 0 Å². The minimum Gasteiger partial charge on any atom is -0.344 e. The van der Waals surface area contributed by atoms with Crippen molar-refractivity contribution in [3.8, 4) is 0 Å². The van der Waals surface area contributed by atoms with Crippen LogP contribution >= 0.6 is 23.2 Å². The van der Waals surface area contributed by atoms with Crippen molar-refractivity contribution in [2.45, 2.75) is 6.04 Å². The third-order valence-corrected chi connectivity index (χ3v) is 4.94. The number of hydrogen-bond acceptors (Lipinski definition) is 4. The fourth-order valence-electron chi connectivity index (χ4n) is 2.98. The normalized spacial score (nSPS) is 11.4. The van der Waals surface area contributed by atoms with Gasteiger partial charge in [-0.1, -0.05) is 65.7 Å². The van der Waals surface area contributed by atoms with Crippen LogP contribution < -0.4 is 10.6 Å². The van der Waals surface area contributed by atoms with Crippen molar-refractivity contribution in [3.63, 3.8) is 0 Å². The molecular weight excluding hydrogens is 441 g/mol. The Kier molecular flexibility index (Phi) is 7.23. The number of carbonyl (C=O) groups is 2. The van der Waals surface area contributed by atoms with Crippen LogP contribution in [0.25, 0.3) is 0 Å². The lowest BCUT2D eigenvalue weighted by molar-refractivity contribution is -0.385. The molecule has 0 saturated carbocycles. The van der Waals surface area contributed by atoms with Gasteiger partial charge in [-0.25, -0.2) is 0 Å². The zero-order valence-corrected chi connectivity index (χ0v) is 17.6. The van der Waals surface area contributed by atoms with E-state index in [0.29, 0.717) is 5.02 Å². The lowest BCUT2D eigenvalue weighted by Crippen LogP contribution is -2.39. The van der Waals surface area contributed by atoms with Gasteiger partial charge in [0, 0.05) is 16.1 Å². The highest BCUT2D eigenvalue weighted by atomic mass is 35.5. The molecule has 2 N–H and O–H groups in total. The number of nitro groups is 1. The van der Waals surface area contributed by atoms with Crippen molar-refractivity contribution in [1.29, 1.82) is 0 Å². The van der Waals surface area contributed by atoms with Crippen LogP contribution in [-0.2, 0) is 4.79 Å². The number of benzene rings is 3. The minimum atomic E-state index is -0.749. The van der Waals surface area contributed by atoms with Crippen molar-refractivity contribution >= 4 is 40.7 Å². The number of nitrogens with one attached hydrogen (secondary N) is 2. The Labute approximate surface area is 188 Å². The van der Waals surface area contributed by atoms with E-state index in [1.807, 2.05) is 30.3 Å². The molecule has 2 amide bonds. The van der Waals surface area contributed by atoms with E-state index in [4.69, 9.17) is 23.2 Å². The average molecular weight is 458 g/mol. The van der Waals surface area contributed by atoms with E-state index in [0.717, 1.165) is 17.2 Å². The molecule has 7 nitrogen and oxygen atoms in total. The molecule has 0 spiro atoms. The summed E-state index contributed by atoms with van der Waals surface area (Å²) in [6.45, 7) is -0.366. The number of nitrogens with zero attached hydrogens (tertiary/aromatic N) is 1. The van der Waals surface area contributed by atoms with E-state index in [1.165, 1.54) is 12.1 Å². The third kappa shape index (κ3) is 5.81. The molecule has 0 saturated heterocycles. The Morgan fingerprint density at radius 2 is 1.52 bits per heavy atom. The first-order valence-corrected chi connectivity index (χ1v) is 9.92. The number of rotatable bonds is 7. The summed E-state index contributed by atoms with van der Waals surface area (Å²) in [5.74, 6) is -1.21. The molecule has 1 unspecified atom stereocenters. The fourth-order valence-corrected chi connectivity index (χ4v) is 3.27. The molecule has 3 aromatic rings. The van der Waals surface area contributed by atoms with Gasteiger partial charge in [0.15, 0.2) is 0 Å². The molecule has 0 bridgehead atoms. The van der Waals surface area contributed by atoms with Gasteiger partial charge < -0.3 is 10.6 Å². The van der Waals surface area contributed by atoms with Gasteiger partial charge in [0.2, 0.25) is 5.91 Å². The van der Waals surface area contributed by atoms with Gasteiger partial charge in [-0.15, -0.1) is 0 Å². The van der Waals surface area contributed by atoms with Gasteiger partial charge in [-0.05, 0) is 35.4 Å². The van der Waals surface area contributed by atoms with Gasteiger partial charge in [-0.3, -0.25) is 19.7 Å². The number of nitro benzene ring substituents is 1. The Morgan fingerprint density at radius 3 is 2.16 bits per heavy atom. The van der Waals surface area contributed by atoms with Crippen molar-refractivity contribution < 1.29 is 14.5 Å². The van der Waals surface area contributed by atoms with E-state index in [1.54, 1.807) is 24.3 Å². The summed E-state index contributed by atoms with van der Waals surface area (Å²) in [5.41, 5.74) is 1.04. The Bertz CT molecular complexity index is 1110. The smallest absolute Gasteiger partial charge is 0.283 e. The van der Waals surface area contributed by atoms with Crippen LogP contribution in [-0.4, -0.2) is 23.3 Å². The topological polar surface area (TPSA) is 101 Å². The standard InChI is InChI=1S/C22H17Cl2N3O4/c23-16-8-6-15(7-9-16)21(14-4-2-1-3-5-14)26-20(28)13-25-22(29)18-11-10-17(24)12-19(18)27(30)31/h1-12,21H,13H2,(H,25,29)(H,26,28). The van der Waals surface area contributed by atoms with Crippen molar-refractivity contribution in [2.75, 3.05) is 6.54 Å². The SMILES string of the molecule is O=C(CNC(=O)c1ccc(Cl)cc1[N+](=O)[O-])NC(c1ccccc1)c1ccc(Cl)cc1. The van der Waals surface area contributed by atoms with Crippen LogP contribution in [0.2, 0.25) is 10.0 Å². The molecule has 0 aromatic heterocycles. The molecular formula is C22H17Cl2N3O4. The minimum absolute atomic E-state index is 0.134. The molecule has 0 aliphatic carbocycles. The van der Waals surface area contributed by atoms with E-state index in [2.05, 4.69) is 10.6 Å². The Balaban J connectivity index is 1.73. The predicted octanol–water partition coefficient (Wildman–Crippen LogP) is 4.54. The summed E-state index contributed by atoms with van der Waals surface area (Å²) in [4.78, 5) is 35.4. The van der Waals surface area contributed by atoms with Gasteiger partial charge in [0.05, 0.1) is 17.5 Å². The van der Waals surface area contributed by atoms with Crippen LogP contribution in [0.5, 0.6) is 0 Å². The van der Waals surface area contributed by atoms with Crippen LogP contribution in [0.4, 0.5) is 5.69 Å². The van der Waals surface area contributed by atoms with Crippen LogP contribution in [0.1, 0.15) is 27.5 Å². The van der Waals surface area contributed by atoms with Gasteiger partial charge in [0.25, 0.3) is 11.6 Å². The Hall–Kier alpha value is -3.42. The third-order valence-electron chi connectivity index (χ3n) is 4.45. The number of halogens is 2. The number of hydrogen-bond donors (Lipinski definition) is 2. The average Bonchev–Trinajstić information content (AvgIpc) is 2.77. The van der Waals surface area contributed by atoms with Gasteiger partial charge >= 0.3 is 0 Å². The lowest BCUT2D eigenvalue weighted by Gasteiger charge is -2.20. The second-order valence-corrected chi connectivity index (χ2v) is 7.44. The van der Waals surface area contributed by atoms with Crippen molar-refractivity contribution in [2.24, 2.45) is 0 Å².